The van der Waals surface area contributed by atoms with Crippen molar-refractivity contribution in [2.75, 3.05) is 0 Å². The topological polar surface area (TPSA) is 87.7 Å². The number of rotatable bonds is 8. The second-order valence-electron chi connectivity index (χ2n) is 10.6. The first-order chi connectivity index (χ1) is 15.0. The lowest BCUT2D eigenvalue weighted by atomic mass is 9.94. The van der Waals surface area contributed by atoms with E-state index >= 15 is 0 Å². The standard InChI is InChI=1S/C26H43N3O4/c1-15(2)21(28-25(32)33-26(9,10)11)24(31)29(17(5)6)22(23(30)27-16(3)4)20-13-12-18(7)14-19(20)8/h12-17,21-22H,1-11H3,(H,27,30)(H,28,32). The Balaban J connectivity index is 3.50. The fourth-order valence-corrected chi connectivity index (χ4v) is 3.70. The van der Waals surface area contributed by atoms with Crippen molar-refractivity contribution in [3.05, 3.63) is 34.9 Å². The molecule has 0 aliphatic heterocycles. The lowest BCUT2D eigenvalue weighted by molar-refractivity contribution is -0.145. The number of hydrogen-bond acceptors (Lipinski definition) is 4. The Morgan fingerprint density at radius 3 is 1.94 bits per heavy atom. The molecule has 0 aliphatic rings. The molecule has 186 valence electrons. The molecule has 2 unspecified atom stereocenters. The van der Waals surface area contributed by atoms with Crippen LogP contribution < -0.4 is 10.6 Å². The van der Waals surface area contributed by atoms with Gasteiger partial charge >= 0.3 is 6.09 Å². The number of ether oxygens (including phenoxy) is 1. The van der Waals surface area contributed by atoms with E-state index in [2.05, 4.69) is 10.6 Å². The highest BCUT2D eigenvalue weighted by atomic mass is 16.6. The van der Waals surface area contributed by atoms with Crippen molar-refractivity contribution >= 4 is 17.9 Å². The molecule has 0 spiro atoms. The van der Waals surface area contributed by atoms with Gasteiger partial charge in [0.25, 0.3) is 0 Å². The van der Waals surface area contributed by atoms with Gasteiger partial charge in [0, 0.05) is 12.1 Å². The number of carbonyl (C=O) groups is 3. The van der Waals surface area contributed by atoms with Gasteiger partial charge in [-0.05, 0) is 79.4 Å². The Kier molecular flexibility index (Phi) is 9.94. The Morgan fingerprint density at radius 2 is 1.52 bits per heavy atom. The maximum Gasteiger partial charge on any atom is 0.408 e. The highest BCUT2D eigenvalue weighted by Crippen LogP contribution is 2.29. The number of nitrogens with one attached hydrogen (secondary N) is 2. The molecule has 0 saturated heterocycles. The van der Waals surface area contributed by atoms with Gasteiger partial charge in [0.15, 0.2) is 0 Å². The maximum absolute atomic E-state index is 13.9. The molecule has 0 aliphatic carbocycles. The normalized spacial score (nSPS) is 13.6. The third-order valence-corrected chi connectivity index (χ3v) is 5.09. The van der Waals surface area contributed by atoms with Gasteiger partial charge < -0.3 is 20.3 Å². The number of aryl methyl sites for hydroxylation is 2. The number of amides is 3. The summed E-state index contributed by atoms with van der Waals surface area (Å²) in [6.07, 6.45) is -0.659. The van der Waals surface area contributed by atoms with Gasteiger partial charge in [-0.3, -0.25) is 9.59 Å². The van der Waals surface area contributed by atoms with E-state index in [1.54, 1.807) is 25.7 Å². The van der Waals surface area contributed by atoms with Gasteiger partial charge in [-0.15, -0.1) is 0 Å². The SMILES string of the molecule is Cc1ccc(C(C(=O)NC(C)C)N(C(=O)C(NC(=O)OC(C)(C)C)C(C)C)C(C)C)c(C)c1. The summed E-state index contributed by atoms with van der Waals surface area (Å²) >= 11 is 0. The molecule has 1 aromatic carbocycles. The van der Waals surface area contributed by atoms with Crippen molar-refractivity contribution in [3.8, 4) is 0 Å². The summed E-state index contributed by atoms with van der Waals surface area (Å²) in [5.74, 6) is -0.785. The van der Waals surface area contributed by atoms with Crippen LogP contribution in [0.25, 0.3) is 0 Å². The Bertz CT molecular complexity index is 840. The molecule has 33 heavy (non-hydrogen) atoms. The van der Waals surface area contributed by atoms with Crippen LogP contribution in [0.1, 0.15) is 85.0 Å². The molecule has 0 saturated carbocycles. The van der Waals surface area contributed by atoms with Gasteiger partial charge in [0.05, 0.1) is 0 Å². The lowest BCUT2D eigenvalue weighted by Crippen LogP contribution is -2.57. The highest BCUT2D eigenvalue weighted by molar-refractivity contribution is 5.92. The van der Waals surface area contributed by atoms with Crippen LogP contribution in [0.15, 0.2) is 18.2 Å². The Hall–Kier alpha value is -2.57. The van der Waals surface area contributed by atoms with Crippen molar-refractivity contribution in [1.82, 2.24) is 15.5 Å². The van der Waals surface area contributed by atoms with Crippen molar-refractivity contribution in [2.45, 2.75) is 106 Å². The van der Waals surface area contributed by atoms with Gasteiger partial charge in [0.2, 0.25) is 11.8 Å². The van der Waals surface area contributed by atoms with E-state index in [9.17, 15) is 14.4 Å². The molecule has 2 N–H and O–H groups in total. The summed E-state index contributed by atoms with van der Waals surface area (Å²) in [5, 5.41) is 5.70. The predicted octanol–water partition coefficient (Wildman–Crippen LogP) is 4.66. The van der Waals surface area contributed by atoms with Crippen LogP contribution in [-0.4, -0.2) is 46.5 Å². The minimum Gasteiger partial charge on any atom is -0.444 e. The summed E-state index contributed by atoms with van der Waals surface area (Å²) in [4.78, 5) is 41.4. The maximum atomic E-state index is 13.9. The number of alkyl carbamates (subject to hydrolysis) is 1. The Morgan fingerprint density at radius 1 is 0.939 bits per heavy atom. The van der Waals surface area contributed by atoms with E-state index < -0.39 is 23.8 Å². The summed E-state index contributed by atoms with van der Waals surface area (Å²) < 4.78 is 5.39. The molecular formula is C26H43N3O4. The van der Waals surface area contributed by atoms with Crippen LogP contribution >= 0.6 is 0 Å². The summed E-state index contributed by atoms with van der Waals surface area (Å²) in [5.41, 5.74) is 2.08. The van der Waals surface area contributed by atoms with Crippen molar-refractivity contribution in [3.63, 3.8) is 0 Å². The van der Waals surface area contributed by atoms with Gasteiger partial charge in [0.1, 0.15) is 17.7 Å². The molecular weight excluding hydrogens is 418 g/mol. The molecule has 0 fully saturated rings. The summed E-state index contributed by atoms with van der Waals surface area (Å²) in [7, 11) is 0. The quantitative estimate of drug-likeness (QED) is 0.590. The van der Waals surface area contributed by atoms with Gasteiger partial charge in [-0.25, -0.2) is 4.79 Å². The molecule has 0 radical (unpaired) electrons. The third kappa shape index (κ3) is 8.37. The van der Waals surface area contributed by atoms with Crippen LogP contribution in [0.3, 0.4) is 0 Å². The number of hydrogen-bond donors (Lipinski definition) is 2. The minimum atomic E-state index is -0.845. The molecule has 2 atom stereocenters. The fraction of sp³-hybridized carbons (Fsp3) is 0.654. The van der Waals surface area contributed by atoms with E-state index in [-0.39, 0.29) is 29.8 Å². The van der Waals surface area contributed by atoms with E-state index in [1.807, 2.05) is 73.6 Å². The first-order valence-electron chi connectivity index (χ1n) is 11.7. The number of benzene rings is 1. The van der Waals surface area contributed by atoms with Crippen LogP contribution in [0.5, 0.6) is 0 Å². The first-order valence-corrected chi connectivity index (χ1v) is 11.7. The fourth-order valence-electron chi connectivity index (χ4n) is 3.70. The summed E-state index contributed by atoms with van der Waals surface area (Å²) in [6, 6.07) is 3.80. The van der Waals surface area contributed by atoms with Crippen LogP contribution in [0.4, 0.5) is 4.79 Å². The van der Waals surface area contributed by atoms with Crippen molar-refractivity contribution < 1.29 is 19.1 Å². The largest absolute Gasteiger partial charge is 0.444 e. The second kappa shape index (κ2) is 11.5. The average molecular weight is 462 g/mol. The van der Waals surface area contributed by atoms with Crippen LogP contribution in [-0.2, 0) is 14.3 Å². The highest BCUT2D eigenvalue weighted by Gasteiger charge is 2.39. The zero-order valence-corrected chi connectivity index (χ0v) is 22.2. The van der Waals surface area contributed by atoms with E-state index in [4.69, 9.17) is 4.74 Å². The number of carbonyl (C=O) groups excluding carboxylic acids is 3. The van der Waals surface area contributed by atoms with Crippen LogP contribution in [0, 0.1) is 19.8 Å². The minimum absolute atomic E-state index is 0.0874. The monoisotopic (exact) mass is 461 g/mol. The van der Waals surface area contributed by atoms with E-state index in [1.165, 1.54) is 0 Å². The molecule has 1 rings (SSSR count). The lowest BCUT2D eigenvalue weighted by Gasteiger charge is -2.39. The van der Waals surface area contributed by atoms with Gasteiger partial charge in [-0.1, -0.05) is 37.6 Å². The van der Waals surface area contributed by atoms with Gasteiger partial charge in [-0.2, -0.15) is 0 Å². The second-order valence-corrected chi connectivity index (χ2v) is 10.6. The first kappa shape index (κ1) is 28.5. The molecule has 7 heteroatoms. The summed E-state index contributed by atoms with van der Waals surface area (Å²) in [6.45, 7) is 20.5. The third-order valence-electron chi connectivity index (χ3n) is 5.09. The molecule has 0 aromatic heterocycles. The number of nitrogens with zero attached hydrogens (tertiary/aromatic N) is 1. The van der Waals surface area contributed by atoms with Crippen molar-refractivity contribution in [2.24, 2.45) is 5.92 Å². The Labute approximate surface area is 199 Å². The molecule has 0 heterocycles. The molecule has 1 aromatic rings. The average Bonchev–Trinajstić information content (AvgIpc) is 2.61. The molecule has 0 bridgehead atoms. The van der Waals surface area contributed by atoms with Crippen molar-refractivity contribution in [1.29, 1.82) is 0 Å². The molecule has 7 nitrogen and oxygen atoms in total. The molecule has 3 amide bonds. The zero-order chi connectivity index (χ0) is 25.7. The predicted molar refractivity (Wildman–Crippen MR) is 132 cm³/mol. The van der Waals surface area contributed by atoms with E-state index in [0.29, 0.717) is 0 Å². The zero-order valence-electron chi connectivity index (χ0n) is 22.2. The van der Waals surface area contributed by atoms with Crippen LogP contribution in [0.2, 0.25) is 0 Å². The smallest absolute Gasteiger partial charge is 0.408 e. The van der Waals surface area contributed by atoms with E-state index in [0.717, 1.165) is 16.7 Å².